The van der Waals surface area contributed by atoms with Gasteiger partial charge < -0.3 is 5.11 Å². The van der Waals surface area contributed by atoms with Crippen LogP contribution < -0.4 is 0 Å². The van der Waals surface area contributed by atoms with E-state index >= 15 is 0 Å². The SMILES string of the molecule is CC(C)N1CCC(N2CCc3ccccc3C2C(=O)O)C1. The van der Waals surface area contributed by atoms with Gasteiger partial charge in [-0.2, -0.15) is 0 Å². The Morgan fingerprint density at radius 2 is 2.05 bits per heavy atom. The van der Waals surface area contributed by atoms with E-state index < -0.39 is 12.0 Å². The van der Waals surface area contributed by atoms with Crippen molar-refractivity contribution in [2.75, 3.05) is 19.6 Å². The van der Waals surface area contributed by atoms with Gasteiger partial charge in [0.05, 0.1) is 0 Å². The lowest BCUT2D eigenvalue weighted by molar-refractivity contribution is -0.145. The van der Waals surface area contributed by atoms with Crippen LogP contribution in [-0.2, 0) is 11.2 Å². The lowest BCUT2D eigenvalue weighted by Gasteiger charge is -2.39. The Kier molecular flexibility index (Phi) is 4.00. The molecule has 1 aromatic rings. The number of nitrogens with zero attached hydrogens (tertiary/aromatic N) is 2. The molecule has 21 heavy (non-hydrogen) atoms. The first-order valence-electron chi connectivity index (χ1n) is 7.88. The van der Waals surface area contributed by atoms with E-state index in [0.29, 0.717) is 12.1 Å². The third kappa shape index (κ3) is 2.70. The van der Waals surface area contributed by atoms with E-state index in [1.807, 2.05) is 18.2 Å². The molecule has 2 aliphatic heterocycles. The van der Waals surface area contributed by atoms with Gasteiger partial charge >= 0.3 is 5.97 Å². The van der Waals surface area contributed by atoms with Gasteiger partial charge in [0.15, 0.2) is 0 Å². The molecular weight excluding hydrogens is 264 g/mol. The van der Waals surface area contributed by atoms with Crippen molar-refractivity contribution in [1.82, 2.24) is 9.80 Å². The third-order valence-corrected chi connectivity index (χ3v) is 4.95. The molecule has 2 heterocycles. The minimum Gasteiger partial charge on any atom is -0.480 e. The van der Waals surface area contributed by atoms with Gasteiger partial charge in [-0.1, -0.05) is 24.3 Å². The largest absolute Gasteiger partial charge is 0.480 e. The summed E-state index contributed by atoms with van der Waals surface area (Å²) in [6.45, 7) is 7.34. The maximum atomic E-state index is 11.8. The minimum atomic E-state index is -0.717. The Morgan fingerprint density at radius 3 is 2.71 bits per heavy atom. The number of aliphatic carboxylic acids is 1. The van der Waals surface area contributed by atoms with Crippen LogP contribution in [0.15, 0.2) is 24.3 Å². The highest BCUT2D eigenvalue weighted by Gasteiger charge is 2.39. The number of carboxylic acid groups (broad SMARTS) is 1. The molecule has 1 N–H and O–H groups in total. The molecule has 2 unspecified atom stereocenters. The normalized spacial score (nSPS) is 27.0. The van der Waals surface area contributed by atoms with E-state index in [1.165, 1.54) is 5.56 Å². The molecular formula is C17H24N2O2. The van der Waals surface area contributed by atoms with Crippen molar-refractivity contribution in [3.05, 3.63) is 35.4 Å². The number of rotatable bonds is 3. The van der Waals surface area contributed by atoms with Crippen molar-refractivity contribution in [3.8, 4) is 0 Å². The van der Waals surface area contributed by atoms with Gasteiger partial charge in [0.1, 0.15) is 6.04 Å². The second-order valence-electron chi connectivity index (χ2n) is 6.46. The maximum Gasteiger partial charge on any atom is 0.325 e. The first-order valence-corrected chi connectivity index (χ1v) is 7.88. The van der Waals surface area contributed by atoms with Crippen molar-refractivity contribution < 1.29 is 9.90 Å². The van der Waals surface area contributed by atoms with Crippen molar-refractivity contribution in [2.24, 2.45) is 0 Å². The van der Waals surface area contributed by atoms with Gasteiger partial charge in [-0.3, -0.25) is 14.6 Å². The molecule has 2 aliphatic rings. The van der Waals surface area contributed by atoms with Crippen LogP contribution in [-0.4, -0.2) is 52.6 Å². The number of hydrogen-bond acceptors (Lipinski definition) is 3. The lowest BCUT2D eigenvalue weighted by Crippen LogP contribution is -2.47. The zero-order valence-electron chi connectivity index (χ0n) is 12.8. The molecule has 4 heteroatoms. The molecule has 0 radical (unpaired) electrons. The molecule has 3 rings (SSSR count). The molecule has 114 valence electrons. The summed E-state index contributed by atoms with van der Waals surface area (Å²) >= 11 is 0. The monoisotopic (exact) mass is 288 g/mol. The zero-order chi connectivity index (χ0) is 15.0. The van der Waals surface area contributed by atoms with Gasteiger partial charge in [-0.15, -0.1) is 0 Å². The van der Waals surface area contributed by atoms with Gasteiger partial charge in [0, 0.05) is 31.7 Å². The molecule has 1 saturated heterocycles. The topological polar surface area (TPSA) is 43.8 Å². The number of carboxylic acids is 1. The number of fused-ring (bicyclic) bond motifs is 1. The van der Waals surface area contributed by atoms with Gasteiger partial charge in [-0.05, 0) is 37.8 Å². The summed E-state index contributed by atoms with van der Waals surface area (Å²) in [6, 6.07) is 8.42. The molecule has 0 spiro atoms. The van der Waals surface area contributed by atoms with Crippen molar-refractivity contribution in [1.29, 1.82) is 0 Å². The van der Waals surface area contributed by atoms with Crippen LogP contribution in [0.25, 0.3) is 0 Å². The number of hydrogen-bond donors (Lipinski definition) is 1. The van der Waals surface area contributed by atoms with Gasteiger partial charge in [-0.25, -0.2) is 0 Å². The van der Waals surface area contributed by atoms with Crippen LogP contribution in [0.2, 0.25) is 0 Å². The fraction of sp³-hybridized carbons (Fsp3) is 0.588. The summed E-state index contributed by atoms with van der Waals surface area (Å²) in [6.07, 6.45) is 2.03. The number of likely N-dealkylation sites (tertiary alicyclic amines) is 1. The molecule has 4 nitrogen and oxygen atoms in total. The minimum absolute atomic E-state index is 0.363. The fourth-order valence-corrected chi connectivity index (χ4v) is 3.76. The molecule has 2 atom stereocenters. The summed E-state index contributed by atoms with van der Waals surface area (Å²) in [4.78, 5) is 16.5. The first-order chi connectivity index (χ1) is 10.1. The summed E-state index contributed by atoms with van der Waals surface area (Å²) < 4.78 is 0. The molecule has 1 fully saturated rings. The molecule has 0 saturated carbocycles. The van der Waals surface area contributed by atoms with E-state index in [4.69, 9.17) is 0 Å². The maximum absolute atomic E-state index is 11.8. The van der Waals surface area contributed by atoms with Crippen LogP contribution in [0.4, 0.5) is 0 Å². The van der Waals surface area contributed by atoms with Crippen molar-refractivity contribution >= 4 is 5.97 Å². The summed E-state index contributed by atoms with van der Waals surface area (Å²) in [5.74, 6) is -0.717. The lowest BCUT2D eigenvalue weighted by atomic mass is 9.91. The van der Waals surface area contributed by atoms with E-state index in [0.717, 1.165) is 38.0 Å². The van der Waals surface area contributed by atoms with E-state index in [-0.39, 0.29) is 0 Å². The Bertz CT molecular complexity index is 529. The summed E-state index contributed by atoms with van der Waals surface area (Å²) in [7, 11) is 0. The first kappa shape index (κ1) is 14.5. The predicted molar refractivity (Wildman–Crippen MR) is 82.3 cm³/mol. The van der Waals surface area contributed by atoms with Crippen LogP contribution >= 0.6 is 0 Å². The molecule has 0 amide bonds. The molecule has 1 aromatic carbocycles. The Morgan fingerprint density at radius 1 is 1.29 bits per heavy atom. The molecule has 0 bridgehead atoms. The fourth-order valence-electron chi connectivity index (χ4n) is 3.76. The third-order valence-electron chi connectivity index (χ3n) is 4.95. The second-order valence-corrected chi connectivity index (χ2v) is 6.46. The van der Waals surface area contributed by atoms with Crippen LogP contribution in [0, 0.1) is 0 Å². The average molecular weight is 288 g/mol. The predicted octanol–water partition coefficient (Wildman–Crippen LogP) is 2.15. The van der Waals surface area contributed by atoms with Crippen molar-refractivity contribution in [3.63, 3.8) is 0 Å². The van der Waals surface area contributed by atoms with E-state index in [2.05, 4.69) is 29.7 Å². The van der Waals surface area contributed by atoms with E-state index in [1.54, 1.807) is 0 Å². The Labute approximate surface area is 126 Å². The number of benzene rings is 1. The number of carbonyl (C=O) groups is 1. The Hall–Kier alpha value is -1.39. The van der Waals surface area contributed by atoms with Crippen LogP contribution in [0.5, 0.6) is 0 Å². The highest BCUT2D eigenvalue weighted by Crippen LogP contribution is 2.34. The molecule has 0 aliphatic carbocycles. The molecule has 0 aromatic heterocycles. The smallest absolute Gasteiger partial charge is 0.325 e. The Balaban J connectivity index is 1.85. The average Bonchev–Trinajstić information content (AvgIpc) is 2.95. The second kappa shape index (κ2) is 5.78. The highest BCUT2D eigenvalue weighted by atomic mass is 16.4. The van der Waals surface area contributed by atoms with Crippen molar-refractivity contribution in [2.45, 2.75) is 44.8 Å². The highest BCUT2D eigenvalue weighted by molar-refractivity contribution is 5.76. The zero-order valence-corrected chi connectivity index (χ0v) is 12.8. The van der Waals surface area contributed by atoms with Crippen LogP contribution in [0.3, 0.4) is 0 Å². The van der Waals surface area contributed by atoms with Gasteiger partial charge in [0.2, 0.25) is 0 Å². The quantitative estimate of drug-likeness (QED) is 0.925. The van der Waals surface area contributed by atoms with Crippen LogP contribution in [0.1, 0.15) is 37.4 Å². The summed E-state index contributed by atoms with van der Waals surface area (Å²) in [5, 5.41) is 9.74. The van der Waals surface area contributed by atoms with Gasteiger partial charge in [0.25, 0.3) is 0 Å². The standard InChI is InChI=1S/C17H24N2O2/c1-12(2)18-9-8-14(11-18)19-10-7-13-5-3-4-6-15(13)16(19)17(20)21/h3-6,12,14,16H,7-11H2,1-2H3,(H,20,21). The van der Waals surface area contributed by atoms with E-state index in [9.17, 15) is 9.90 Å². The summed E-state index contributed by atoms with van der Waals surface area (Å²) in [5.41, 5.74) is 2.18.